The molecule has 2 aromatic rings. The van der Waals surface area contributed by atoms with Crippen LogP contribution in [0.2, 0.25) is 0 Å². The summed E-state index contributed by atoms with van der Waals surface area (Å²) in [6.45, 7) is 4.93. The van der Waals surface area contributed by atoms with E-state index in [0.717, 1.165) is 5.65 Å². The van der Waals surface area contributed by atoms with Gasteiger partial charge in [0, 0.05) is 25.0 Å². The van der Waals surface area contributed by atoms with E-state index in [1.165, 1.54) is 0 Å². The number of aromatic nitrogens is 2. The summed E-state index contributed by atoms with van der Waals surface area (Å²) in [6, 6.07) is 6.02. The number of nitrogens with one attached hydrogen (secondary N) is 1. The number of pyridine rings is 1. The second-order valence-electron chi connectivity index (χ2n) is 5.58. The quantitative estimate of drug-likeness (QED) is 0.902. The average Bonchev–Trinajstić information content (AvgIpc) is 2.81. The van der Waals surface area contributed by atoms with Crippen molar-refractivity contribution < 1.29 is 4.79 Å². The van der Waals surface area contributed by atoms with Crippen molar-refractivity contribution in [1.29, 1.82) is 0 Å². The molecule has 0 saturated heterocycles. The Balaban J connectivity index is 2.04. The minimum atomic E-state index is -0.124. The summed E-state index contributed by atoms with van der Waals surface area (Å²) in [5.74, 6) is 0.354. The van der Waals surface area contributed by atoms with Gasteiger partial charge in [-0.2, -0.15) is 0 Å². The molecule has 0 radical (unpaired) electrons. The molecular weight excluding hydrogens is 252 g/mol. The van der Waals surface area contributed by atoms with Gasteiger partial charge >= 0.3 is 0 Å². The van der Waals surface area contributed by atoms with Crippen molar-refractivity contribution in [3.63, 3.8) is 0 Å². The molecule has 0 spiro atoms. The second kappa shape index (κ2) is 6.05. The number of carbonyl (C=O) groups excluding carboxylic acids is 1. The van der Waals surface area contributed by atoms with E-state index in [1.54, 1.807) is 6.20 Å². The average molecular weight is 274 g/mol. The van der Waals surface area contributed by atoms with E-state index in [-0.39, 0.29) is 5.91 Å². The first-order valence-electron chi connectivity index (χ1n) is 6.87. The maximum atomic E-state index is 12.2. The molecule has 2 aromatic heterocycles. The molecule has 1 N–H and O–H groups in total. The summed E-state index contributed by atoms with van der Waals surface area (Å²) in [7, 11) is 4.06. The first kappa shape index (κ1) is 14.5. The molecule has 20 heavy (non-hydrogen) atoms. The highest BCUT2D eigenvalue weighted by molar-refractivity contribution is 5.92. The Morgan fingerprint density at radius 1 is 1.40 bits per heavy atom. The number of nitrogens with zero attached hydrogens (tertiary/aromatic N) is 3. The van der Waals surface area contributed by atoms with Gasteiger partial charge in [-0.15, -0.1) is 0 Å². The summed E-state index contributed by atoms with van der Waals surface area (Å²) in [4.78, 5) is 18.6. The minimum Gasteiger partial charge on any atom is -0.349 e. The van der Waals surface area contributed by atoms with Gasteiger partial charge in [0.2, 0.25) is 0 Å². The van der Waals surface area contributed by atoms with E-state index in [1.807, 2.05) is 42.9 Å². The van der Waals surface area contributed by atoms with Crippen molar-refractivity contribution in [2.24, 2.45) is 5.92 Å². The lowest BCUT2D eigenvalue weighted by atomic mass is 10.0. The normalized spacial score (nSPS) is 13.1. The smallest absolute Gasteiger partial charge is 0.271 e. The zero-order valence-electron chi connectivity index (χ0n) is 12.5. The lowest BCUT2D eigenvalue weighted by Crippen LogP contribution is -2.43. The lowest BCUT2D eigenvalue weighted by molar-refractivity contribution is 0.0930. The molecule has 0 unspecified atom stereocenters. The zero-order chi connectivity index (χ0) is 14.7. The van der Waals surface area contributed by atoms with Crippen LogP contribution in [0.3, 0.4) is 0 Å². The fourth-order valence-corrected chi connectivity index (χ4v) is 2.35. The van der Waals surface area contributed by atoms with E-state index in [4.69, 9.17) is 0 Å². The first-order chi connectivity index (χ1) is 9.49. The Morgan fingerprint density at radius 3 is 2.75 bits per heavy atom. The summed E-state index contributed by atoms with van der Waals surface area (Å²) in [5.41, 5.74) is 1.24. The molecule has 0 aliphatic carbocycles. The Kier molecular flexibility index (Phi) is 4.39. The number of hydrogen-bond donors (Lipinski definition) is 1. The summed E-state index contributed by atoms with van der Waals surface area (Å²) < 4.78 is 1.85. The number of likely N-dealkylation sites (N-methyl/N-ethyl adjacent to an activating group) is 1. The zero-order valence-corrected chi connectivity index (χ0v) is 12.5. The third-order valence-corrected chi connectivity index (χ3v) is 3.50. The van der Waals surface area contributed by atoms with Gasteiger partial charge in [-0.25, -0.2) is 4.98 Å². The van der Waals surface area contributed by atoms with Crippen LogP contribution in [-0.4, -0.2) is 46.9 Å². The van der Waals surface area contributed by atoms with Crippen LogP contribution >= 0.6 is 0 Å². The van der Waals surface area contributed by atoms with Crippen LogP contribution in [0.25, 0.3) is 5.65 Å². The number of imidazole rings is 1. The molecule has 0 aliphatic heterocycles. The van der Waals surface area contributed by atoms with Gasteiger partial charge in [0.25, 0.3) is 5.91 Å². The number of amides is 1. The van der Waals surface area contributed by atoms with E-state index >= 15 is 0 Å². The van der Waals surface area contributed by atoms with E-state index in [0.29, 0.717) is 24.2 Å². The number of hydrogen-bond acceptors (Lipinski definition) is 3. The van der Waals surface area contributed by atoms with Crippen molar-refractivity contribution in [3.8, 4) is 0 Å². The monoisotopic (exact) mass is 274 g/mol. The summed E-state index contributed by atoms with van der Waals surface area (Å²) >= 11 is 0. The van der Waals surface area contributed by atoms with E-state index in [2.05, 4.69) is 29.0 Å². The van der Waals surface area contributed by atoms with Gasteiger partial charge in [0.1, 0.15) is 11.3 Å². The van der Waals surface area contributed by atoms with Crippen molar-refractivity contribution in [1.82, 2.24) is 19.6 Å². The molecule has 5 heteroatoms. The van der Waals surface area contributed by atoms with Crippen molar-refractivity contribution >= 4 is 11.6 Å². The predicted octanol–water partition coefficient (Wildman–Crippen LogP) is 1.65. The Labute approximate surface area is 119 Å². The highest BCUT2D eigenvalue weighted by atomic mass is 16.1. The largest absolute Gasteiger partial charge is 0.349 e. The fourth-order valence-electron chi connectivity index (χ4n) is 2.35. The van der Waals surface area contributed by atoms with Crippen LogP contribution < -0.4 is 5.32 Å². The Hall–Kier alpha value is -1.88. The lowest BCUT2D eigenvalue weighted by Gasteiger charge is -2.27. The molecule has 1 atom stereocenters. The van der Waals surface area contributed by atoms with Crippen LogP contribution in [0.1, 0.15) is 24.3 Å². The topological polar surface area (TPSA) is 49.6 Å². The second-order valence-corrected chi connectivity index (χ2v) is 5.58. The summed E-state index contributed by atoms with van der Waals surface area (Å²) in [5, 5.41) is 2.97. The van der Waals surface area contributed by atoms with E-state index in [9.17, 15) is 4.79 Å². The highest BCUT2D eigenvalue weighted by Gasteiger charge is 2.18. The van der Waals surface area contributed by atoms with Gasteiger partial charge in [-0.3, -0.25) is 4.79 Å². The van der Waals surface area contributed by atoms with Crippen molar-refractivity contribution in [2.75, 3.05) is 20.6 Å². The van der Waals surface area contributed by atoms with Gasteiger partial charge in [0.15, 0.2) is 0 Å². The Bertz CT molecular complexity index is 547. The number of carbonyl (C=O) groups is 1. The highest BCUT2D eigenvalue weighted by Crippen LogP contribution is 2.07. The standard InChI is InChI=1S/C15H22N4O/c1-11(2)13(18(3)4)9-16-15(20)12-10-19-8-6-5-7-14(19)17-12/h5-8,10-11,13H,9H2,1-4H3,(H,16,20)/t13-/m0/s1. The van der Waals surface area contributed by atoms with Gasteiger partial charge in [-0.05, 0) is 32.1 Å². The minimum absolute atomic E-state index is 0.124. The molecule has 0 bridgehead atoms. The molecule has 2 heterocycles. The molecule has 5 nitrogen and oxygen atoms in total. The number of rotatable bonds is 5. The molecule has 1 amide bonds. The van der Waals surface area contributed by atoms with Crippen LogP contribution in [0.4, 0.5) is 0 Å². The van der Waals surface area contributed by atoms with Gasteiger partial charge < -0.3 is 14.6 Å². The number of fused-ring (bicyclic) bond motifs is 1. The Morgan fingerprint density at radius 2 is 2.15 bits per heavy atom. The van der Waals surface area contributed by atoms with Gasteiger partial charge in [0.05, 0.1) is 0 Å². The van der Waals surface area contributed by atoms with Crippen molar-refractivity contribution in [3.05, 3.63) is 36.3 Å². The summed E-state index contributed by atoms with van der Waals surface area (Å²) in [6.07, 6.45) is 3.64. The SMILES string of the molecule is CC(C)[C@H](CNC(=O)c1cn2ccccc2n1)N(C)C. The molecule has 0 aliphatic rings. The van der Waals surface area contributed by atoms with Crippen LogP contribution in [0, 0.1) is 5.92 Å². The third-order valence-electron chi connectivity index (χ3n) is 3.50. The van der Waals surface area contributed by atoms with Crippen molar-refractivity contribution in [2.45, 2.75) is 19.9 Å². The first-order valence-corrected chi connectivity index (χ1v) is 6.87. The maximum Gasteiger partial charge on any atom is 0.271 e. The molecule has 0 aromatic carbocycles. The third kappa shape index (κ3) is 3.17. The fraction of sp³-hybridized carbons (Fsp3) is 0.467. The molecule has 0 saturated carbocycles. The molecular formula is C15H22N4O. The van der Waals surface area contributed by atoms with Crippen LogP contribution in [0.15, 0.2) is 30.6 Å². The van der Waals surface area contributed by atoms with Gasteiger partial charge in [-0.1, -0.05) is 19.9 Å². The van der Waals surface area contributed by atoms with Crippen LogP contribution in [0.5, 0.6) is 0 Å². The maximum absolute atomic E-state index is 12.2. The predicted molar refractivity (Wildman–Crippen MR) is 79.8 cm³/mol. The molecule has 0 fully saturated rings. The van der Waals surface area contributed by atoms with E-state index < -0.39 is 0 Å². The molecule has 108 valence electrons. The van der Waals surface area contributed by atoms with Crippen LogP contribution in [-0.2, 0) is 0 Å². The molecule has 2 rings (SSSR count).